The van der Waals surface area contributed by atoms with E-state index in [2.05, 4.69) is 20.5 Å². The number of benzene rings is 1. The molecule has 1 aromatic carbocycles. The third-order valence-electron chi connectivity index (χ3n) is 5.10. The molecule has 160 valence electrons. The molecule has 1 aliphatic heterocycles. The molecule has 2 aromatic rings. The highest BCUT2D eigenvalue weighted by molar-refractivity contribution is 5.95. The number of amides is 1. The Labute approximate surface area is 176 Å². The molecular weight excluding hydrogens is 382 g/mol. The van der Waals surface area contributed by atoms with E-state index in [1.807, 2.05) is 32.2 Å². The molecule has 0 radical (unpaired) electrons. The van der Waals surface area contributed by atoms with Gasteiger partial charge in [-0.3, -0.25) is 14.9 Å². The number of hydrogen-bond acceptors (Lipinski definition) is 6. The molecule has 0 aliphatic carbocycles. The van der Waals surface area contributed by atoms with Crippen molar-refractivity contribution in [1.82, 2.24) is 10.3 Å². The van der Waals surface area contributed by atoms with Crippen LogP contribution < -0.4 is 15.5 Å². The number of hydrogen-bond donors (Lipinski definition) is 2. The lowest BCUT2D eigenvalue weighted by Crippen LogP contribution is -2.30. The molecule has 1 aromatic heterocycles. The summed E-state index contributed by atoms with van der Waals surface area (Å²) in [6, 6.07) is 8.44. The van der Waals surface area contributed by atoms with Crippen LogP contribution in [0.25, 0.3) is 0 Å². The van der Waals surface area contributed by atoms with E-state index >= 15 is 0 Å². The van der Waals surface area contributed by atoms with E-state index < -0.39 is 4.92 Å². The molecule has 2 N–H and O–H groups in total. The molecule has 8 nitrogen and oxygen atoms in total. The van der Waals surface area contributed by atoms with Crippen LogP contribution in [-0.2, 0) is 6.54 Å². The lowest BCUT2D eigenvalue weighted by Gasteiger charge is -2.21. The second-order valence-corrected chi connectivity index (χ2v) is 7.90. The number of nitrogens with zero attached hydrogens (tertiary/aromatic N) is 3. The lowest BCUT2D eigenvalue weighted by atomic mass is 10.1. The first-order valence-electron chi connectivity index (χ1n) is 10.5. The summed E-state index contributed by atoms with van der Waals surface area (Å²) >= 11 is 0. The van der Waals surface area contributed by atoms with Crippen molar-refractivity contribution < 1.29 is 9.72 Å². The van der Waals surface area contributed by atoms with Crippen LogP contribution in [0.15, 0.2) is 36.5 Å². The Bertz CT molecular complexity index is 875. The number of nitro groups is 1. The summed E-state index contributed by atoms with van der Waals surface area (Å²) in [4.78, 5) is 30.0. The Morgan fingerprint density at radius 3 is 2.50 bits per heavy atom. The van der Waals surface area contributed by atoms with Crippen molar-refractivity contribution in [3.05, 3.63) is 57.8 Å². The van der Waals surface area contributed by atoms with Gasteiger partial charge in [-0.25, -0.2) is 4.98 Å². The first-order chi connectivity index (χ1) is 14.4. The summed E-state index contributed by atoms with van der Waals surface area (Å²) in [7, 11) is 0. The van der Waals surface area contributed by atoms with E-state index in [1.165, 1.54) is 31.7 Å². The minimum Gasteiger partial charge on any atom is -0.375 e. The highest BCUT2D eigenvalue weighted by atomic mass is 16.6. The van der Waals surface area contributed by atoms with Crippen LogP contribution in [0.2, 0.25) is 0 Å². The molecule has 30 heavy (non-hydrogen) atoms. The average Bonchev–Trinajstić information content (AvgIpc) is 3.01. The molecule has 0 saturated carbocycles. The lowest BCUT2D eigenvalue weighted by molar-refractivity contribution is -0.384. The number of pyridine rings is 1. The van der Waals surface area contributed by atoms with Crippen LogP contribution in [0.5, 0.6) is 0 Å². The van der Waals surface area contributed by atoms with E-state index in [0.717, 1.165) is 24.5 Å². The zero-order valence-corrected chi connectivity index (χ0v) is 17.6. The van der Waals surface area contributed by atoms with Crippen molar-refractivity contribution in [2.75, 3.05) is 23.3 Å². The highest BCUT2D eigenvalue weighted by Gasteiger charge is 2.18. The SMILES string of the molecule is CC(C)NC(=O)c1ccc(NCc2ccc(N3CCCCCC3)nc2)c([N+](=O)[O-])c1. The predicted molar refractivity (Wildman–Crippen MR) is 118 cm³/mol. The van der Waals surface area contributed by atoms with E-state index in [-0.39, 0.29) is 23.2 Å². The maximum atomic E-state index is 12.1. The number of carbonyl (C=O) groups is 1. The van der Waals surface area contributed by atoms with Gasteiger partial charge in [0, 0.05) is 43.5 Å². The molecule has 1 amide bonds. The van der Waals surface area contributed by atoms with Gasteiger partial charge in [0.2, 0.25) is 0 Å². The largest absolute Gasteiger partial charge is 0.375 e. The van der Waals surface area contributed by atoms with Gasteiger partial charge >= 0.3 is 0 Å². The quantitative estimate of drug-likeness (QED) is 0.525. The Morgan fingerprint density at radius 2 is 1.90 bits per heavy atom. The second kappa shape index (κ2) is 10.0. The van der Waals surface area contributed by atoms with Crippen molar-refractivity contribution in [2.45, 2.75) is 52.1 Å². The van der Waals surface area contributed by atoms with E-state index in [1.54, 1.807) is 12.1 Å². The number of aromatic nitrogens is 1. The van der Waals surface area contributed by atoms with Gasteiger partial charge in [0.05, 0.1) is 4.92 Å². The van der Waals surface area contributed by atoms with Crippen molar-refractivity contribution in [3.8, 4) is 0 Å². The van der Waals surface area contributed by atoms with Crippen LogP contribution in [0.3, 0.4) is 0 Å². The first-order valence-corrected chi connectivity index (χ1v) is 10.5. The van der Waals surface area contributed by atoms with Gasteiger partial charge in [0.15, 0.2) is 0 Å². The fraction of sp³-hybridized carbons (Fsp3) is 0.455. The monoisotopic (exact) mass is 411 g/mol. The zero-order valence-electron chi connectivity index (χ0n) is 17.6. The molecule has 0 atom stereocenters. The van der Waals surface area contributed by atoms with Crippen LogP contribution in [0.1, 0.15) is 55.5 Å². The Kier molecular flexibility index (Phi) is 7.21. The molecule has 2 heterocycles. The summed E-state index contributed by atoms with van der Waals surface area (Å²) in [5.74, 6) is 0.653. The number of nitrogens with one attached hydrogen (secondary N) is 2. The average molecular weight is 412 g/mol. The van der Waals surface area contributed by atoms with Gasteiger partial charge in [-0.1, -0.05) is 18.9 Å². The summed E-state index contributed by atoms with van der Waals surface area (Å²) in [6.07, 6.45) is 6.74. The molecule has 0 spiro atoms. The third-order valence-corrected chi connectivity index (χ3v) is 5.10. The first kappa shape index (κ1) is 21.5. The fourth-order valence-corrected chi connectivity index (χ4v) is 3.52. The van der Waals surface area contributed by atoms with Crippen LogP contribution in [0, 0.1) is 10.1 Å². The number of carbonyl (C=O) groups excluding carboxylic acids is 1. The van der Waals surface area contributed by atoms with Gasteiger partial charge in [-0.15, -0.1) is 0 Å². The minimum absolute atomic E-state index is 0.0425. The van der Waals surface area contributed by atoms with Crippen LogP contribution >= 0.6 is 0 Å². The van der Waals surface area contributed by atoms with Crippen LogP contribution in [0.4, 0.5) is 17.2 Å². The zero-order chi connectivity index (χ0) is 21.5. The maximum absolute atomic E-state index is 12.1. The summed E-state index contributed by atoms with van der Waals surface area (Å²) in [5.41, 5.74) is 1.45. The Morgan fingerprint density at radius 1 is 1.17 bits per heavy atom. The van der Waals surface area contributed by atoms with Gasteiger partial charge in [-0.05, 0) is 50.5 Å². The second-order valence-electron chi connectivity index (χ2n) is 7.90. The van der Waals surface area contributed by atoms with E-state index in [9.17, 15) is 14.9 Å². The molecule has 0 bridgehead atoms. The highest BCUT2D eigenvalue weighted by Crippen LogP contribution is 2.26. The number of nitro benzene ring substituents is 1. The van der Waals surface area contributed by atoms with Crippen LogP contribution in [-0.4, -0.2) is 34.9 Å². The molecular formula is C22H29N5O3. The van der Waals surface area contributed by atoms with Gasteiger partial charge in [-0.2, -0.15) is 0 Å². The van der Waals surface area contributed by atoms with Gasteiger partial charge in [0.1, 0.15) is 11.5 Å². The standard InChI is InChI=1S/C22H29N5O3/c1-16(2)25-22(28)18-8-9-19(20(13-18)27(29)30)23-14-17-7-10-21(24-15-17)26-11-5-3-4-6-12-26/h7-10,13,15-16,23H,3-6,11-12,14H2,1-2H3,(H,25,28). The molecule has 1 fully saturated rings. The maximum Gasteiger partial charge on any atom is 0.293 e. The molecule has 1 saturated heterocycles. The van der Waals surface area contributed by atoms with E-state index in [0.29, 0.717) is 12.2 Å². The Hall–Kier alpha value is -3.16. The molecule has 0 unspecified atom stereocenters. The van der Waals surface area contributed by atoms with E-state index in [4.69, 9.17) is 0 Å². The summed E-state index contributed by atoms with van der Waals surface area (Å²) in [5, 5.41) is 17.3. The van der Waals surface area contributed by atoms with Gasteiger partial charge in [0.25, 0.3) is 11.6 Å². The summed E-state index contributed by atoms with van der Waals surface area (Å²) < 4.78 is 0. The Balaban J connectivity index is 1.67. The topological polar surface area (TPSA) is 100 Å². The van der Waals surface area contributed by atoms with Crippen molar-refractivity contribution in [1.29, 1.82) is 0 Å². The minimum atomic E-state index is -0.477. The van der Waals surface area contributed by atoms with Gasteiger partial charge < -0.3 is 15.5 Å². The smallest absolute Gasteiger partial charge is 0.293 e. The normalized spacial score (nSPS) is 14.3. The fourth-order valence-electron chi connectivity index (χ4n) is 3.52. The molecule has 8 heteroatoms. The molecule has 3 rings (SSSR count). The third kappa shape index (κ3) is 5.68. The van der Waals surface area contributed by atoms with Crippen molar-refractivity contribution in [2.24, 2.45) is 0 Å². The van der Waals surface area contributed by atoms with Crippen molar-refractivity contribution >= 4 is 23.1 Å². The molecule has 1 aliphatic rings. The summed E-state index contributed by atoms with van der Waals surface area (Å²) in [6.45, 7) is 6.16. The number of rotatable bonds is 7. The number of anilines is 2. The predicted octanol–water partition coefficient (Wildman–Crippen LogP) is 4.12. The van der Waals surface area contributed by atoms with Crippen molar-refractivity contribution in [3.63, 3.8) is 0 Å².